The number of hydrogen-bond donors (Lipinski definition) is 1. The Bertz CT molecular complexity index is 862. The van der Waals surface area contributed by atoms with Crippen LogP contribution in [0.15, 0.2) is 18.2 Å². The van der Waals surface area contributed by atoms with Gasteiger partial charge in [0.15, 0.2) is 0 Å². The Hall–Kier alpha value is -0.900. The summed E-state index contributed by atoms with van der Waals surface area (Å²) in [6.07, 6.45) is 4.05. The number of ether oxygens (including phenoxy) is 1. The summed E-state index contributed by atoms with van der Waals surface area (Å²) in [5.41, 5.74) is 2.72. The highest BCUT2D eigenvalue weighted by atomic mass is 35.5. The quantitative estimate of drug-likeness (QED) is 0.749. The third-order valence-electron chi connectivity index (χ3n) is 7.32. The third-order valence-corrected chi connectivity index (χ3v) is 9.38. The topological polar surface area (TPSA) is 65.1 Å². The van der Waals surface area contributed by atoms with Crippen LogP contribution in [-0.2, 0) is 16.6 Å². The van der Waals surface area contributed by atoms with Gasteiger partial charge in [0.2, 0.25) is 0 Å². The fourth-order valence-corrected chi connectivity index (χ4v) is 7.73. The van der Waals surface area contributed by atoms with E-state index >= 15 is 0 Å². The summed E-state index contributed by atoms with van der Waals surface area (Å²) in [5, 5.41) is 3.26. The average Bonchev–Trinajstić information content (AvgIpc) is 2.77. The van der Waals surface area contributed by atoms with Crippen molar-refractivity contribution in [2.45, 2.75) is 37.8 Å². The van der Waals surface area contributed by atoms with Gasteiger partial charge in [-0.3, -0.25) is 4.90 Å². The highest BCUT2D eigenvalue weighted by Gasteiger charge is 2.47. The molecule has 0 aliphatic carbocycles. The fourth-order valence-electron chi connectivity index (χ4n) is 5.83. The Morgan fingerprint density at radius 2 is 1.93 bits per heavy atom. The van der Waals surface area contributed by atoms with E-state index < -0.39 is 10.2 Å². The van der Waals surface area contributed by atoms with Crippen molar-refractivity contribution in [3.8, 4) is 5.75 Å². The molecule has 4 aliphatic rings. The van der Waals surface area contributed by atoms with E-state index in [4.69, 9.17) is 4.74 Å². The van der Waals surface area contributed by atoms with E-state index in [-0.39, 0.29) is 18.4 Å². The second kappa shape index (κ2) is 8.92. The lowest BCUT2D eigenvalue weighted by Crippen LogP contribution is -2.61. The SMILES string of the molecule is COc1ccc2c(c1)CCN1C[C@H]3CCCN(S(=O)(=O)N4CCNCC4)[C@H]3C[C@@H]21.Cl. The normalized spacial score (nSPS) is 30.5. The molecule has 3 fully saturated rings. The van der Waals surface area contributed by atoms with E-state index in [1.165, 1.54) is 11.1 Å². The molecule has 4 aliphatic heterocycles. The number of rotatable bonds is 3. The average molecular weight is 457 g/mol. The molecule has 30 heavy (non-hydrogen) atoms. The largest absolute Gasteiger partial charge is 0.497 e. The molecule has 1 N–H and O–H groups in total. The van der Waals surface area contributed by atoms with E-state index in [1.54, 1.807) is 11.4 Å². The molecule has 168 valence electrons. The molecule has 1 aromatic rings. The van der Waals surface area contributed by atoms with Crippen LogP contribution >= 0.6 is 12.4 Å². The summed E-state index contributed by atoms with van der Waals surface area (Å²) in [5.74, 6) is 1.35. The monoisotopic (exact) mass is 456 g/mol. The minimum atomic E-state index is -3.39. The van der Waals surface area contributed by atoms with Crippen molar-refractivity contribution in [1.29, 1.82) is 0 Å². The molecule has 4 heterocycles. The zero-order chi connectivity index (χ0) is 20.0. The number of methoxy groups -OCH3 is 1. The van der Waals surface area contributed by atoms with Gasteiger partial charge >= 0.3 is 0 Å². The van der Waals surface area contributed by atoms with Gasteiger partial charge in [-0.25, -0.2) is 0 Å². The van der Waals surface area contributed by atoms with Crippen molar-refractivity contribution in [1.82, 2.24) is 18.8 Å². The molecule has 5 rings (SSSR count). The first-order chi connectivity index (χ1) is 14.1. The molecule has 0 spiro atoms. The number of halogens is 1. The van der Waals surface area contributed by atoms with Crippen molar-refractivity contribution >= 4 is 22.6 Å². The van der Waals surface area contributed by atoms with Crippen molar-refractivity contribution in [2.24, 2.45) is 5.92 Å². The molecule has 0 unspecified atom stereocenters. The molecule has 3 saturated heterocycles. The summed E-state index contributed by atoms with van der Waals surface area (Å²) in [6, 6.07) is 6.82. The molecule has 0 aromatic heterocycles. The van der Waals surface area contributed by atoms with Gasteiger partial charge in [0.05, 0.1) is 7.11 Å². The van der Waals surface area contributed by atoms with Crippen molar-refractivity contribution in [2.75, 3.05) is 52.9 Å². The summed E-state index contributed by atoms with van der Waals surface area (Å²) in [4.78, 5) is 2.59. The maximum Gasteiger partial charge on any atom is 0.282 e. The Labute approximate surface area is 186 Å². The van der Waals surface area contributed by atoms with E-state index in [9.17, 15) is 8.42 Å². The lowest BCUT2D eigenvalue weighted by molar-refractivity contribution is 0.0195. The number of piperazine rings is 1. The first-order valence-electron chi connectivity index (χ1n) is 11.0. The standard InChI is InChI=1S/C21H32N4O3S.ClH/c1-28-18-4-5-19-16(13-18)6-10-23-15-17-3-2-9-25(20(17)14-21(19)23)29(26,27)24-11-7-22-8-12-24;/h4-5,13,17,20-22H,2-3,6-12,14-15H2,1H3;1H/t17-,20+,21+;/m1./s1. The van der Waals surface area contributed by atoms with Crippen LogP contribution in [0.25, 0.3) is 0 Å². The number of nitrogens with zero attached hydrogens (tertiary/aromatic N) is 3. The van der Waals surface area contributed by atoms with Gasteiger partial charge in [-0.05, 0) is 54.9 Å². The van der Waals surface area contributed by atoms with Gasteiger partial charge in [0, 0.05) is 57.9 Å². The van der Waals surface area contributed by atoms with Gasteiger partial charge in [-0.2, -0.15) is 17.0 Å². The fraction of sp³-hybridized carbons (Fsp3) is 0.714. The van der Waals surface area contributed by atoms with Crippen LogP contribution in [0.5, 0.6) is 5.75 Å². The van der Waals surface area contributed by atoms with Gasteiger partial charge in [-0.1, -0.05) is 6.07 Å². The molecule has 1 aromatic carbocycles. The highest BCUT2D eigenvalue weighted by Crippen LogP contribution is 2.44. The summed E-state index contributed by atoms with van der Waals surface area (Å²) in [6.45, 7) is 5.37. The summed E-state index contributed by atoms with van der Waals surface area (Å²) in [7, 11) is -1.68. The zero-order valence-electron chi connectivity index (χ0n) is 17.6. The number of hydrogen-bond acceptors (Lipinski definition) is 5. The van der Waals surface area contributed by atoms with Gasteiger partial charge < -0.3 is 10.1 Å². The first kappa shape index (κ1) is 22.3. The van der Waals surface area contributed by atoms with Crippen molar-refractivity contribution < 1.29 is 13.2 Å². The molecule has 0 saturated carbocycles. The maximum absolute atomic E-state index is 13.5. The highest BCUT2D eigenvalue weighted by molar-refractivity contribution is 7.86. The molecule has 0 amide bonds. The van der Waals surface area contributed by atoms with E-state index in [2.05, 4.69) is 22.3 Å². The molecular weight excluding hydrogens is 424 g/mol. The molecule has 7 nitrogen and oxygen atoms in total. The van der Waals surface area contributed by atoms with Crippen molar-refractivity contribution in [3.05, 3.63) is 29.3 Å². The minimum absolute atomic E-state index is 0. The molecule has 3 atom stereocenters. The van der Waals surface area contributed by atoms with Crippen LogP contribution in [0.4, 0.5) is 0 Å². The Morgan fingerprint density at radius 3 is 2.70 bits per heavy atom. The number of fused-ring (bicyclic) bond motifs is 4. The van der Waals surface area contributed by atoms with Gasteiger partial charge in [-0.15, -0.1) is 12.4 Å². The molecule has 0 radical (unpaired) electrons. The number of piperidine rings is 2. The molecular formula is C21H33ClN4O3S. The number of nitrogens with one attached hydrogen (secondary N) is 1. The van der Waals surface area contributed by atoms with E-state index in [0.717, 1.165) is 57.6 Å². The molecule has 0 bridgehead atoms. The second-order valence-electron chi connectivity index (χ2n) is 8.80. The van der Waals surface area contributed by atoms with Gasteiger partial charge in [0.25, 0.3) is 10.2 Å². The van der Waals surface area contributed by atoms with Gasteiger partial charge in [0.1, 0.15) is 5.75 Å². The second-order valence-corrected chi connectivity index (χ2v) is 10.7. The van der Waals surface area contributed by atoms with E-state index in [0.29, 0.717) is 31.6 Å². The predicted octanol–water partition coefficient (Wildman–Crippen LogP) is 1.65. The summed E-state index contributed by atoms with van der Waals surface area (Å²) >= 11 is 0. The smallest absolute Gasteiger partial charge is 0.282 e. The minimum Gasteiger partial charge on any atom is -0.497 e. The van der Waals surface area contributed by atoms with Crippen LogP contribution in [0.3, 0.4) is 0 Å². The predicted molar refractivity (Wildman–Crippen MR) is 119 cm³/mol. The first-order valence-corrected chi connectivity index (χ1v) is 12.4. The van der Waals surface area contributed by atoms with Crippen LogP contribution in [-0.4, -0.2) is 80.9 Å². The van der Waals surface area contributed by atoms with Crippen LogP contribution < -0.4 is 10.1 Å². The van der Waals surface area contributed by atoms with Crippen LogP contribution in [0.1, 0.15) is 36.4 Å². The van der Waals surface area contributed by atoms with Crippen LogP contribution in [0, 0.1) is 5.92 Å². The lowest BCUT2D eigenvalue weighted by Gasteiger charge is -2.52. The Kier molecular flexibility index (Phi) is 6.63. The zero-order valence-corrected chi connectivity index (χ0v) is 19.3. The van der Waals surface area contributed by atoms with Crippen LogP contribution in [0.2, 0.25) is 0 Å². The lowest BCUT2D eigenvalue weighted by atomic mass is 9.77. The summed E-state index contributed by atoms with van der Waals surface area (Å²) < 4.78 is 35.9. The number of benzene rings is 1. The van der Waals surface area contributed by atoms with E-state index in [1.807, 2.05) is 10.4 Å². The third kappa shape index (κ3) is 3.87. The Morgan fingerprint density at radius 1 is 1.13 bits per heavy atom. The molecule has 9 heteroatoms. The van der Waals surface area contributed by atoms with Crippen molar-refractivity contribution in [3.63, 3.8) is 0 Å². The maximum atomic E-state index is 13.5. The Balaban J connectivity index is 0.00000218.